The zero-order valence-corrected chi connectivity index (χ0v) is 17.8. The van der Waals surface area contributed by atoms with E-state index in [4.69, 9.17) is 21.1 Å². The summed E-state index contributed by atoms with van der Waals surface area (Å²) >= 11 is 5.89. The first kappa shape index (κ1) is 21.6. The number of carbonyl (C=O) groups excluding carboxylic acids is 1. The smallest absolute Gasteiger partial charge is 0.309 e. The van der Waals surface area contributed by atoms with Crippen LogP contribution in [0.15, 0.2) is 53.4 Å². The lowest BCUT2D eigenvalue weighted by atomic mass is 9.98. The lowest BCUT2D eigenvalue weighted by Gasteiger charge is -2.30. The summed E-state index contributed by atoms with van der Waals surface area (Å²) in [7, 11) is -3.53. The van der Waals surface area contributed by atoms with Crippen molar-refractivity contribution >= 4 is 27.6 Å². The average Bonchev–Trinajstić information content (AvgIpc) is 2.71. The number of hydrogen-bond acceptors (Lipinski definition) is 5. The van der Waals surface area contributed by atoms with Crippen LogP contribution >= 0.6 is 11.6 Å². The van der Waals surface area contributed by atoms with E-state index in [1.54, 1.807) is 48.5 Å². The maximum atomic E-state index is 12.7. The van der Waals surface area contributed by atoms with E-state index in [1.165, 1.54) is 4.31 Å². The Bertz CT molecular complexity index is 938. The molecule has 0 bridgehead atoms. The van der Waals surface area contributed by atoms with Gasteiger partial charge in [0, 0.05) is 18.1 Å². The van der Waals surface area contributed by atoms with Crippen molar-refractivity contribution in [2.45, 2.75) is 24.7 Å². The molecule has 8 heteroatoms. The van der Waals surface area contributed by atoms with E-state index in [1.807, 2.05) is 6.92 Å². The third-order valence-corrected chi connectivity index (χ3v) is 6.99. The monoisotopic (exact) mass is 437 g/mol. The Morgan fingerprint density at radius 1 is 1.10 bits per heavy atom. The Kier molecular flexibility index (Phi) is 7.16. The van der Waals surface area contributed by atoms with Crippen molar-refractivity contribution in [3.05, 3.63) is 59.1 Å². The van der Waals surface area contributed by atoms with Crippen molar-refractivity contribution in [1.29, 1.82) is 0 Å². The molecule has 156 valence electrons. The first-order valence-corrected chi connectivity index (χ1v) is 11.3. The molecule has 6 nitrogen and oxygen atoms in total. The third kappa shape index (κ3) is 5.72. The van der Waals surface area contributed by atoms with Crippen LogP contribution in [0.5, 0.6) is 5.75 Å². The first-order valence-electron chi connectivity index (χ1n) is 9.48. The number of halogens is 1. The van der Waals surface area contributed by atoms with Crippen LogP contribution < -0.4 is 4.74 Å². The highest BCUT2D eigenvalue weighted by atomic mass is 35.5. The van der Waals surface area contributed by atoms with Gasteiger partial charge in [-0.2, -0.15) is 4.31 Å². The molecular formula is C21H24ClNO5S. The number of aryl methyl sites for hydroxylation is 1. The van der Waals surface area contributed by atoms with Gasteiger partial charge in [-0.1, -0.05) is 35.4 Å². The number of sulfonamides is 1. The molecule has 0 aliphatic carbocycles. The van der Waals surface area contributed by atoms with E-state index in [2.05, 4.69) is 0 Å². The molecule has 1 heterocycles. The second-order valence-electron chi connectivity index (χ2n) is 6.96. The lowest BCUT2D eigenvalue weighted by molar-refractivity contribution is -0.150. The minimum Gasteiger partial charge on any atom is -0.490 e. The molecule has 1 fully saturated rings. The fraction of sp³-hybridized carbons (Fsp3) is 0.381. The van der Waals surface area contributed by atoms with Gasteiger partial charge in [-0.05, 0) is 50.1 Å². The van der Waals surface area contributed by atoms with E-state index in [-0.39, 0.29) is 30.0 Å². The van der Waals surface area contributed by atoms with Crippen LogP contribution in [0.3, 0.4) is 0 Å². The number of nitrogens with zero attached hydrogens (tertiary/aromatic N) is 1. The average molecular weight is 438 g/mol. The number of ether oxygens (including phenoxy) is 2. The highest BCUT2D eigenvalue weighted by Crippen LogP contribution is 2.25. The summed E-state index contributed by atoms with van der Waals surface area (Å²) in [5.74, 6) is 0.000819. The van der Waals surface area contributed by atoms with Crippen LogP contribution in [-0.4, -0.2) is 45.0 Å². The lowest BCUT2D eigenvalue weighted by Crippen LogP contribution is -2.40. The van der Waals surface area contributed by atoms with Crippen LogP contribution in [0.4, 0.5) is 0 Å². The minimum absolute atomic E-state index is 0.132. The molecule has 2 aromatic carbocycles. The van der Waals surface area contributed by atoms with Gasteiger partial charge in [0.1, 0.15) is 19.0 Å². The van der Waals surface area contributed by atoms with Gasteiger partial charge >= 0.3 is 5.97 Å². The van der Waals surface area contributed by atoms with Crippen LogP contribution in [0.25, 0.3) is 0 Å². The van der Waals surface area contributed by atoms with Crippen molar-refractivity contribution in [3.8, 4) is 5.75 Å². The van der Waals surface area contributed by atoms with Gasteiger partial charge in [-0.15, -0.1) is 0 Å². The second-order valence-corrected chi connectivity index (χ2v) is 9.34. The molecule has 0 atom stereocenters. The molecule has 1 aliphatic rings. The predicted molar refractivity (Wildman–Crippen MR) is 111 cm³/mol. The van der Waals surface area contributed by atoms with Gasteiger partial charge < -0.3 is 9.47 Å². The summed E-state index contributed by atoms with van der Waals surface area (Å²) in [5.41, 5.74) is 1.00. The van der Waals surface area contributed by atoms with E-state index < -0.39 is 10.0 Å². The minimum atomic E-state index is -3.53. The summed E-state index contributed by atoms with van der Waals surface area (Å²) in [4.78, 5) is 12.5. The van der Waals surface area contributed by atoms with Crippen LogP contribution in [0.2, 0.25) is 5.02 Å². The van der Waals surface area contributed by atoms with Gasteiger partial charge in [0.2, 0.25) is 10.0 Å². The molecule has 0 spiro atoms. The normalized spacial score (nSPS) is 15.8. The third-order valence-electron chi connectivity index (χ3n) is 4.84. The number of carbonyl (C=O) groups is 1. The van der Waals surface area contributed by atoms with E-state index in [9.17, 15) is 13.2 Å². The number of esters is 1. The predicted octanol–water partition coefficient (Wildman–Crippen LogP) is 3.67. The maximum Gasteiger partial charge on any atom is 0.309 e. The van der Waals surface area contributed by atoms with Gasteiger partial charge in [0.05, 0.1) is 10.8 Å². The zero-order chi connectivity index (χ0) is 20.9. The molecule has 0 aromatic heterocycles. The van der Waals surface area contributed by atoms with Gasteiger partial charge in [-0.3, -0.25) is 4.79 Å². The standard InChI is InChI=1S/C21H24ClNO5S/c1-16-5-7-20(8-6-16)29(25,26)23-11-9-17(10-12-23)21(24)28-14-13-27-19-4-2-3-18(22)15-19/h2-8,15,17H,9-14H2,1H3. The molecule has 2 aromatic rings. The number of benzene rings is 2. The molecular weight excluding hydrogens is 414 g/mol. The molecule has 0 radical (unpaired) electrons. The molecule has 29 heavy (non-hydrogen) atoms. The summed E-state index contributed by atoms with van der Waals surface area (Å²) < 4.78 is 37.7. The molecule has 0 N–H and O–H groups in total. The van der Waals surface area contributed by atoms with Gasteiger partial charge in [-0.25, -0.2) is 8.42 Å². The van der Waals surface area contributed by atoms with Crippen molar-refractivity contribution in [2.24, 2.45) is 5.92 Å². The Labute approximate surface area is 176 Å². The number of rotatable bonds is 7. The summed E-state index contributed by atoms with van der Waals surface area (Å²) in [6.45, 7) is 2.87. The second kappa shape index (κ2) is 9.61. The number of hydrogen-bond donors (Lipinski definition) is 0. The van der Waals surface area contributed by atoms with E-state index in [0.717, 1.165) is 5.56 Å². The Morgan fingerprint density at radius 2 is 1.79 bits per heavy atom. The van der Waals surface area contributed by atoms with Crippen molar-refractivity contribution in [2.75, 3.05) is 26.3 Å². The van der Waals surface area contributed by atoms with Crippen molar-refractivity contribution in [3.63, 3.8) is 0 Å². The quantitative estimate of drug-likeness (QED) is 0.488. The Balaban J connectivity index is 1.44. The van der Waals surface area contributed by atoms with Crippen LogP contribution in [-0.2, 0) is 19.6 Å². The van der Waals surface area contributed by atoms with E-state index >= 15 is 0 Å². The number of piperidine rings is 1. The Hall–Kier alpha value is -2.09. The molecule has 0 saturated carbocycles. The first-order chi connectivity index (χ1) is 13.9. The fourth-order valence-electron chi connectivity index (χ4n) is 3.17. The summed E-state index contributed by atoms with van der Waals surface area (Å²) in [6, 6.07) is 13.8. The SMILES string of the molecule is Cc1ccc(S(=O)(=O)N2CCC(C(=O)OCCOc3cccc(Cl)c3)CC2)cc1. The van der Waals surface area contributed by atoms with Crippen molar-refractivity contribution in [1.82, 2.24) is 4.31 Å². The van der Waals surface area contributed by atoms with Crippen LogP contribution in [0.1, 0.15) is 18.4 Å². The molecule has 1 aliphatic heterocycles. The van der Waals surface area contributed by atoms with E-state index in [0.29, 0.717) is 36.7 Å². The largest absolute Gasteiger partial charge is 0.490 e. The maximum absolute atomic E-state index is 12.7. The molecule has 1 saturated heterocycles. The highest BCUT2D eigenvalue weighted by Gasteiger charge is 2.32. The molecule has 0 unspecified atom stereocenters. The molecule has 3 rings (SSSR count). The highest BCUT2D eigenvalue weighted by molar-refractivity contribution is 7.89. The Morgan fingerprint density at radius 3 is 2.45 bits per heavy atom. The van der Waals surface area contributed by atoms with Crippen LogP contribution in [0, 0.1) is 12.8 Å². The topological polar surface area (TPSA) is 72.9 Å². The summed E-state index contributed by atoms with van der Waals surface area (Å²) in [6.07, 6.45) is 0.887. The zero-order valence-electron chi connectivity index (χ0n) is 16.2. The summed E-state index contributed by atoms with van der Waals surface area (Å²) in [5, 5.41) is 0.576. The molecule has 0 amide bonds. The fourth-order valence-corrected chi connectivity index (χ4v) is 4.82. The van der Waals surface area contributed by atoms with Gasteiger partial charge in [0.25, 0.3) is 0 Å². The van der Waals surface area contributed by atoms with Gasteiger partial charge in [0.15, 0.2) is 0 Å². The van der Waals surface area contributed by atoms with Crippen molar-refractivity contribution < 1.29 is 22.7 Å².